The second-order valence-electron chi connectivity index (χ2n) is 6.29. The van der Waals surface area contributed by atoms with Crippen LogP contribution in [0.4, 0.5) is 8.78 Å². The Hall–Kier alpha value is -2.67. The lowest BCUT2D eigenvalue weighted by Gasteiger charge is -2.15. The largest absolute Gasteiger partial charge is 0.491 e. The molecule has 0 atom stereocenters. The van der Waals surface area contributed by atoms with Crippen LogP contribution >= 0.6 is 0 Å². The molecule has 0 radical (unpaired) electrons. The molecule has 2 aromatic carbocycles. The Morgan fingerprint density at radius 3 is 2.61 bits per heavy atom. The SMILES string of the molecule is CN=C(NCCc1cc(F)ccc1F)NCc1ccc(C)cc1OCCOC. The molecule has 0 bridgehead atoms. The molecule has 28 heavy (non-hydrogen) atoms. The molecule has 152 valence electrons. The summed E-state index contributed by atoms with van der Waals surface area (Å²) in [5, 5.41) is 6.32. The predicted molar refractivity (Wildman–Crippen MR) is 107 cm³/mol. The summed E-state index contributed by atoms with van der Waals surface area (Å²) in [5.41, 5.74) is 2.42. The molecule has 0 aliphatic heterocycles. The molecule has 0 saturated heterocycles. The minimum atomic E-state index is -0.445. The number of nitrogens with one attached hydrogen (secondary N) is 2. The number of hydrogen-bond donors (Lipinski definition) is 2. The third-order valence-corrected chi connectivity index (χ3v) is 4.13. The summed E-state index contributed by atoms with van der Waals surface area (Å²) in [5.74, 6) is 0.505. The van der Waals surface area contributed by atoms with Crippen molar-refractivity contribution in [1.82, 2.24) is 10.6 Å². The highest BCUT2D eigenvalue weighted by molar-refractivity contribution is 5.79. The number of ether oxygens (including phenoxy) is 2. The van der Waals surface area contributed by atoms with E-state index in [0.717, 1.165) is 29.0 Å². The second-order valence-corrected chi connectivity index (χ2v) is 6.29. The monoisotopic (exact) mass is 391 g/mol. The van der Waals surface area contributed by atoms with E-state index in [9.17, 15) is 8.78 Å². The first-order chi connectivity index (χ1) is 13.5. The molecule has 5 nitrogen and oxygen atoms in total. The van der Waals surface area contributed by atoms with Gasteiger partial charge in [0, 0.05) is 32.8 Å². The Kier molecular flexibility index (Phi) is 8.68. The predicted octanol–water partition coefficient (Wildman–Crippen LogP) is 3.21. The highest BCUT2D eigenvalue weighted by Gasteiger charge is 2.07. The van der Waals surface area contributed by atoms with Gasteiger partial charge in [0.05, 0.1) is 6.61 Å². The van der Waals surface area contributed by atoms with Crippen molar-refractivity contribution >= 4 is 5.96 Å². The van der Waals surface area contributed by atoms with Gasteiger partial charge in [-0.15, -0.1) is 0 Å². The maximum absolute atomic E-state index is 13.7. The molecule has 2 N–H and O–H groups in total. The van der Waals surface area contributed by atoms with Crippen LogP contribution in [0.3, 0.4) is 0 Å². The van der Waals surface area contributed by atoms with Gasteiger partial charge in [-0.25, -0.2) is 8.78 Å². The number of rotatable bonds is 9. The molecule has 2 rings (SSSR count). The van der Waals surface area contributed by atoms with Gasteiger partial charge in [0.25, 0.3) is 0 Å². The Balaban J connectivity index is 1.89. The number of hydrogen-bond acceptors (Lipinski definition) is 3. The Bertz CT molecular complexity index is 797. The van der Waals surface area contributed by atoms with Crippen molar-refractivity contribution in [2.75, 3.05) is 33.9 Å². The van der Waals surface area contributed by atoms with Crippen LogP contribution in [0, 0.1) is 18.6 Å². The van der Waals surface area contributed by atoms with Crippen LogP contribution < -0.4 is 15.4 Å². The number of aliphatic imine (C=N–C) groups is 1. The van der Waals surface area contributed by atoms with Gasteiger partial charge in [0.1, 0.15) is 24.0 Å². The van der Waals surface area contributed by atoms with Crippen molar-refractivity contribution in [2.45, 2.75) is 19.9 Å². The van der Waals surface area contributed by atoms with Crippen LogP contribution in [0.25, 0.3) is 0 Å². The molecule has 0 unspecified atom stereocenters. The summed E-state index contributed by atoms with van der Waals surface area (Å²) in [6.07, 6.45) is 0.347. The molecule has 0 saturated carbocycles. The topological polar surface area (TPSA) is 54.9 Å². The summed E-state index contributed by atoms with van der Waals surface area (Å²) in [4.78, 5) is 4.16. The molecule has 2 aromatic rings. The lowest BCUT2D eigenvalue weighted by atomic mass is 10.1. The zero-order chi connectivity index (χ0) is 20.4. The molecule has 0 aromatic heterocycles. The van der Waals surface area contributed by atoms with Crippen LogP contribution in [0.1, 0.15) is 16.7 Å². The van der Waals surface area contributed by atoms with E-state index in [1.54, 1.807) is 14.2 Å². The van der Waals surface area contributed by atoms with Crippen molar-refractivity contribution in [2.24, 2.45) is 4.99 Å². The van der Waals surface area contributed by atoms with E-state index in [-0.39, 0.29) is 0 Å². The smallest absolute Gasteiger partial charge is 0.191 e. The van der Waals surface area contributed by atoms with Crippen LogP contribution in [0.2, 0.25) is 0 Å². The first-order valence-corrected chi connectivity index (χ1v) is 9.13. The first kappa shape index (κ1) is 21.6. The molecular formula is C21H27F2N3O2. The van der Waals surface area contributed by atoms with Gasteiger partial charge in [-0.3, -0.25) is 4.99 Å². The normalized spacial score (nSPS) is 11.4. The Morgan fingerprint density at radius 1 is 1.04 bits per heavy atom. The van der Waals surface area contributed by atoms with E-state index in [1.807, 2.05) is 25.1 Å². The lowest BCUT2D eigenvalue weighted by molar-refractivity contribution is 0.145. The number of benzene rings is 2. The van der Waals surface area contributed by atoms with Crippen LogP contribution in [0.5, 0.6) is 5.75 Å². The Labute approximate surface area is 164 Å². The summed E-state index contributed by atoms with van der Waals surface area (Å²) >= 11 is 0. The average Bonchev–Trinajstić information content (AvgIpc) is 2.68. The van der Waals surface area contributed by atoms with Gasteiger partial charge < -0.3 is 20.1 Å². The molecule has 0 spiro atoms. The number of aryl methyl sites for hydroxylation is 1. The zero-order valence-electron chi connectivity index (χ0n) is 16.5. The zero-order valence-corrected chi connectivity index (χ0v) is 16.5. The quantitative estimate of drug-likeness (QED) is 0.392. The summed E-state index contributed by atoms with van der Waals surface area (Å²) in [6, 6.07) is 9.46. The van der Waals surface area contributed by atoms with Crippen molar-refractivity contribution in [3.63, 3.8) is 0 Å². The third kappa shape index (κ3) is 6.81. The fourth-order valence-electron chi connectivity index (χ4n) is 2.63. The van der Waals surface area contributed by atoms with E-state index < -0.39 is 11.6 Å². The fourth-order valence-corrected chi connectivity index (χ4v) is 2.63. The highest BCUT2D eigenvalue weighted by Crippen LogP contribution is 2.20. The van der Waals surface area contributed by atoms with Crippen LogP contribution in [-0.2, 0) is 17.7 Å². The molecule has 0 aliphatic rings. The van der Waals surface area contributed by atoms with Crippen molar-refractivity contribution in [3.8, 4) is 5.75 Å². The van der Waals surface area contributed by atoms with Crippen molar-refractivity contribution in [3.05, 3.63) is 64.7 Å². The second kappa shape index (κ2) is 11.2. The van der Waals surface area contributed by atoms with E-state index in [0.29, 0.717) is 44.2 Å². The standard InChI is InChI=1S/C21H27F2N3O2/c1-15-4-5-17(20(12-15)28-11-10-27-3)14-26-21(24-2)25-9-8-16-13-18(22)6-7-19(16)23/h4-7,12-13H,8-11,14H2,1-3H3,(H2,24,25,26). The summed E-state index contributed by atoms with van der Waals surface area (Å²) < 4.78 is 37.7. The Morgan fingerprint density at radius 2 is 1.86 bits per heavy atom. The third-order valence-electron chi connectivity index (χ3n) is 4.13. The van der Waals surface area contributed by atoms with Gasteiger partial charge in [-0.05, 0) is 48.7 Å². The molecule has 0 heterocycles. The molecular weight excluding hydrogens is 364 g/mol. The number of nitrogens with zero attached hydrogens (tertiary/aromatic N) is 1. The minimum Gasteiger partial charge on any atom is -0.491 e. The van der Waals surface area contributed by atoms with E-state index in [4.69, 9.17) is 9.47 Å². The fraction of sp³-hybridized carbons (Fsp3) is 0.381. The number of halogens is 2. The molecule has 0 amide bonds. The van der Waals surface area contributed by atoms with Gasteiger partial charge in [0.15, 0.2) is 5.96 Å². The van der Waals surface area contributed by atoms with Gasteiger partial charge in [-0.2, -0.15) is 0 Å². The average molecular weight is 391 g/mol. The summed E-state index contributed by atoms with van der Waals surface area (Å²) in [6.45, 7) is 3.92. The maximum Gasteiger partial charge on any atom is 0.191 e. The number of methoxy groups -OCH3 is 1. The molecule has 7 heteroatoms. The van der Waals surface area contributed by atoms with Crippen LogP contribution in [0.15, 0.2) is 41.4 Å². The minimum absolute atomic E-state index is 0.329. The highest BCUT2D eigenvalue weighted by atomic mass is 19.1. The van der Waals surface area contributed by atoms with Crippen molar-refractivity contribution < 1.29 is 18.3 Å². The lowest BCUT2D eigenvalue weighted by Crippen LogP contribution is -2.38. The molecule has 0 aliphatic carbocycles. The number of guanidine groups is 1. The van der Waals surface area contributed by atoms with E-state index in [1.165, 1.54) is 6.07 Å². The maximum atomic E-state index is 13.7. The van der Waals surface area contributed by atoms with Crippen molar-refractivity contribution in [1.29, 1.82) is 0 Å². The summed E-state index contributed by atoms with van der Waals surface area (Å²) in [7, 11) is 3.29. The van der Waals surface area contributed by atoms with Gasteiger partial charge in [0.2, 0.25) is 0 Å². The van der Waals surface area contributed by atoms with Gasteiger partial charge >= 0.3 is 0 Å². The first-order valence-electron chi connectivity index (χ1n) is 9.13. The molecule has 0 fully saturated rings. The van der Waals surface area contributed by atoms with Gasteiger partial charge in [-0.1, -0.05) is 12.1 Å². The van der Waals surface area contributed by atoms with E-state index >= 15 is 0 Å². The van der Waals surface area contributed by atoms with E-state index in [2.05, 4.69) is 15.6 Å². The van der Waals surface area contributed by atoms with Crippen LogP contribution in [-0.4, -0.2) is 39.9 Å².